The van der Waals surface area contributed by atoms with E-state index < -0.39 is 17.8 Å². The van der Waals surface area contributed by atoms with Crippen LogP contribution in [-0.4, -0.2) is 43.3 Å². The van der Waals surface area contributed by atoms with Gasteiger partial charge in [-0.1, -0.05) is 15.9 Å². The van der Waals surface area contributed by atoms with E-state index in [1.165, 1.54) is 13.2 Å². The summed E-state index contributed by atoms with van der Waals surface area (Å²) in [6.45, 7) is 1.72. The minimum atomic E-state index is -1.08. The molecular weight excluding hydrogens is 458 g/mol. The number of rotatable bonds is 9. The Kier molecular flexibility index (Phi) is 8.42. The minimum absolute atomic E-state index is 0.283. The Bertz CT molecular complexity index is 955. The molecule has 0 bridgehead atoms. The van der Waals surface area contributed by atoms with Gasteiger partial charge in [-0.2, -0.15) is 0 Å². The lowest BCUT2D eigenvalue weighted by Crippen LogP contribution is -2.20. The number of ether oxygens (including phenoxy) is 3. The number of carboxylic acids is 1. The maximum Gasteiger partial charge on any atom is 0.338 e. The summed E-state index contributed by atoms with van der Waals surface area (Å²) < 4.78 is 16.3. The zero-order valence-corrected chi connectivity index (χ0v) is 17.9. The topological polar surface area (TPSA) is 111 Å². The molecule has 0 saturated carbocycles. The van der Waals surface area contributed by atoms with Gasteiger partial charge >= 0.3 is 11.9 Å². The first-order valence-electron chi connectivity index (χ1n) is 8.82. The van der Waals surface area contributed by atoms with Gasteiger partial charge in [0.15, 0.2) is 18.1 Å². The number of anilines is 1. The molecule has 1 amide bonds. The Morgan fingerprint density at radius 2 is 1.83 bits per heavy atom. The molecule has 0 fully saturated rings. The lowest BCUT2D eigenvalue weighted by Gasteiger charge is -2.13. The molecule has 0 aliphatic rings. The highest BCUT2D eigenvalue weighted by Crippen LogP contribution is 2.34. The number of hydrogen-bond acceptors (Lipinski definition) is 6. The van der Waals surface area contributed by atoms with Gasteiger partial charge in [-0.05, 0) is 55.0 Å². The van der Waals surface area contributed by atoms with Crippen molar-refractivity contribution in [3.05, 3.63) is 58.1 Å². The van der Waals surface area contributed by atoms with E-state index in [2.05, 4.69) is 21.2 Å². The summed E-state index contributed by atoms with van der Waals surface area (Å²) in [4.78, 5) is 34.5. The molecule has 2 aromatic rings. The molecule has 8 nitrogen and oxygen atoms in total. The number of esters is 1. The second kappa shape index (κ2) is 11.0. The second-order valence-electron chi connectivity index (χ2n) is 5.83. The molecular formula is C21H20BrNO7. The van der Waals surface area contributed by atoms with Crippen molar-refractivity contribution < 1.29 is 33.7 Å². The Balaban J connectivity index is 2.01. The Morgan fingerprint density at radius 1 is 1.13 bits per heavy atom. The zero-order chi connectivity index (χ0) is 22.1. The first kappa shape index (κ1) is 23.0. The van der Waals surface area contributed by atoms with Gasteiger partial charge in [-0.15, -0.1) is 0 Å². The predicted octanol–water partition coefficient (Wildman–Crippen LogP) is 3.75. The van der Waals surface area contributed by atoms with E-state index in [0.29, 0.717) is 32.8 Å². The van der Waals surface area contributed by atoms with Crippen molar-refractivity contribution in [2.75, 3.05) is 25.6 Å². The van der Waals surface area contributed by atoms with Crippen LogP contribution < -0.4 is 14.8 Å². The smallest absolute Gasteiger partial charge is 0.338 e. The Hall–Kier alpha value is -3.33. The SMILES string of the molecule is CCOC(=O)c1ccc(NC(=O)COc2cc(Br)c(/C=C/C(=O)O)cc2OC)cc1. The number of carboxylic acid groups (broad SMARTS) is 1. The highest BCUT2D eigenvalue weighted by Gasteiger charge is 2.12. The van der Waals surface area contributed by atoms with Crippen molar-refractivity contribution >= 4 is 45.5 Å². The number of halogens is 1. The van der Waals surface area contributed by atoms with Crippen molar-refractivity contribution in [3.8, 4) is 11.5 Å². The van der Waals surface area contributed by atoms with E-state index in [1.807, 2.05) is 0 Å². The Labute approximate surface area is 181 Å². The summed E-state index contributed by atoms with van der Waals surface area (Å²) in [6.07, 6.45) is 2.41. The second-order valence-corrected chi connectivity index (χ2v) is 6.69. The average Bonchev–Trinajstić information content (AvgIpc) is 2.72. The van der Waals surface area contributed by atoms with E-state index in [1.54, 1.807) is 43.3 Å². The normalized spacial score (nSPS) is 10.5. The van der Waals surface area contributed by atoms with E-state index in [0.717, 1.165) is 6.08 Å². The summed E-state index contributed by atoms with van der Waals surface area (Å²) in [5, 5.41) is 11.4. The first-order valence-corrected chi connectivity index (χ1v) is 9.61. The van der Waals surface area contributed by atoms with Crippen LogP contribution in [-0.2, 0) is 14.3 Å². The van der Waals surface area contributed by atoms with Gasteiger partial charge in [0.25, 0.3) is 5.91 Å². The van der Waals surface area contributed by atoms with Crippen LogP contribution in [0.15, 0.2) is 46.9 Å². The first-order chi connectivity index (χ1) is 14.3. The molecule has 0 radical (unpaired) electrons. The van der Waals surface area contributed by atoms with Gasteiger partial charge in [0.05, 0.1) is 19.3 Å². The number of hydrogen-bond donors (Lipinski definition) is 2. The fourth-order valence-corrected chi connectivity index (χ4v) is 2.81. The number of methoxy groups -OCH3 is 1. The third-order valence-electron chi connectivity index (χ3n) is 3.73. The highest BCUT2D eigenvalue weighted by molar-refractivity contribution is 9.10. The molecule has 158 valence electrons. The Morgan fingerprint density at radius 3 is 2.43 bits per heavy atom. The number of carbonyl (C=O) groups is 3. The third kappa shape index (κ3) is 6.63. The van der Waals surface area contributed by atoms with Crippen LogP contribution in [0.1, 0.15) is 22.8 Å². The van der Waals surface area contributed by atoms with Crippen LogP contribution in [0.25, 0.3) is 6.08 Å². The maximum atomic E-state index is 12.2. The number of benzene rings is 2. The van der Waals surface area contributed by atoms with Gasteiger partial charge in [0, 0.05) is 16.2 Å². The quantitative estimate of drug-likeness (QED) is 0.417. The lowest BCUT2D eigenvalue weighted by atomic mass is 10.2. The molecule has 30 heavy (non-hydrogen) atoms. The van der Waals surface area contributed by atoms with Crippen LogP contribution in [0, 0.1) is 0 Å². The van der Waals surface area contributed by atoms with E-state index in [4.69, 9.17) is 19.3 Å². The molecule has 9 heteroatoms. The van der Waals surface area contributed by atoms with E-state index >= 15 is 0 Å². The summed E-state index contributed by atoms with van der Waals surface area (Å²) >= 11 is 3.33. The summed E-state index contributed by atoms with van der Waals surface area (Å²) in [5.41, 5.74) is 1.46. The minimum Gasteiger partial charge on any atom is -0.493 e. The van der Waals surface area contributed by atoms with E-state index in [-0.39, 0.29) is 13.2 Å². The molecule has 2 N–H and O–H groups in total. The fourth-order valence-electron chi connectivity index (χ4n) is 2.36. The van der Waals surface area contributed by atoms with Crippen LogP contribution in [0.4, 0.5) is 5.69 Å². The molecule has 0 saturated heterocycles. The van der Waals surface area contributed by atoms with Crippen LogP contribution >= 0.6 is 15.9 Å². The van der Waals surface area contributed by atoms with Crippen molar-refractivity contribution in [1.29, 1.82) is 0 Å². The fraction of sp³-hybridized carbons (Fsp3) is 0.190. The van der Waals surface area contributed by atoms with Gasteiger partial charge in [-0.25, -0.2) is 9.59 Å². The van der Waals surface area contributed by atoms with Gasteiger partial charge in [0.2, 0.25) is 0 Å². The van der Waals surface area contributed by atoms with Crippen molar-refractivity contribution in [2.45, 2.75) is 6.92 Å². The van der Waals surface area contributed by atoms with E-state index in [9.17, 15) is 14.4 Å². The molecule has 0 unspecified atom stereocenters. The number of carbonyl (C=O) groups excluding carboxylic acids is 2. The van der Waals surface area contributed by atoms with Crippen molar-refractivity contribution in [3.63, 3.8) is 0 Å². The summed E-state index contributed by atoms with van der Waals surface area (Å²) in [5.74, 6) is -1.27. The number of amides is 1. The van der Waals surface area contributed by atoms with Crippen molar-refractivity contribution in [1.82, 2.24) is 0 Å². The largest absolute Gasteiger partial charge is 0.493 e. The third-order valence-corrected chi connectivity index (χ3v) is 4.41. The zero-order valence-electron chi connectivity index (χ0n) is 16.3. The lowest BCUT2D eigenvalue weighted by molar-refractivity contribution is -0.131. The molecule has 0 heterocycles. The average molecular weight is 478 g/mol. The molecule has 0 atom stereocenters. The van der Waals surface area contributed by atoms with Gasteiger partial charge < -0.3 is 24.6 Å². The number of aliphatic carboxylic acids is 1. The molecule has 0 aliphatic heterocycles. The monoisotopic (exact) mass is 477 g/mol. The molecule has 0 aliphatic carbocycles. The molecule has 0 aromatic heterocycles. The van der Waals surface area contributed by atoms with Crippen LogP contribution in [0.5, 0.6) is 11.5 Å². The maximum absolute atomic E-state index is 12.2. The number of nitrogens with one attached hydrogen (secondary N) is 1. The highest BCUT2D eigenvalue weighted by atomic mass is 79.9. The molecule has 2 rings (SSSR count). The van der Waals surface area contributed by atoms with Crippen LogP contribution in [0.2, 0.25) is 0 Å². The summed E-state index contributed by atoms with van der Waals surface area (Å²) in [6, 6.07) is 9.46. The molecule has 0 spiro atoms. The predicted molar refractivity (Wildman–Crippen MR) is 114 cm³/mol. The van der Waals surface area contributed by atoms with Gasteiger partial charge in [0.1, 0.15) is 0 Å². The van der Waals surface area contributed by atoms with Crippen molar-refractivity contribution in [2.24, 2.45) is 0 Å². The summed E-state index contributed by atoms with van der Waals surface area (Å²) in [7, 11) is 1.44. The van der Waals surface area contributed by atoms with Crippen LogP contribution in [0.3, 0.4) is 0 Å². The standard InChI is InChI=1S/C21H20BrNO7/c1-3-29-21(27)13-4-7-15(8-5-13)23-19(24)12-30-18-11-16(22)14(6-9-20(25)26)10-17(18)28-2/h4-11H,3,12H2,1-2H3,(H,23,24)(H,25,26)/b9-6+. The molecule has 2 aromatic carbocycles. The van der Waals surface area contributed by atoms with Gasteiger partial charge in [-0.3, -0.25) is 4.79 Å².